The highest BCUT2D eigenvalue weighted by atomic mass is 32.2. The molecule has 0 aliphatic rings. The van der Waals surface area contributed by atoms with E-state index in [4.69, 9.17) is 4.43 Å². The SMILES string of the molecule is CC(C)(C)[Si](C)(C)Oc1cccc(C=O)c1OS(=O)(=O)C(F)(F)F. The first-order valence-corrected chi connectivity index (χ1v) is 11.2. The van der Waals surface area contributed by atoms with Crippen LogP contribution in [0.4, 0.5) is 13.2 Å². The summed E-state index contributed by atoms with van der Waals surface area (Å²) in [5.41, 5.74) is -5.96. The molecular weight excluding hydrogens is 365 g/mol. The summed E-state index contributed by atoms with van der Waals surface area (Å²) < 4.78 is 70.3. The molecule has 0 aliphatic heterocycles. The van der Waals surface area contributed by atoms with Gasteiger partial charge in [-0.15, -0.1) is 0 Å². The molecule has 0 atom stereocenters. The molecule has 0 fully saturated rings. The molecule has 0 heterocycles. The Labute approximate surface area is 140 Å². The summed E-state index contributed by atoms with van der Waals surface area (Å²) >= 11 is 0. The molecule has 0 bridgehead atoms. The summed E-state index contributed by atoms with van der Waals surface area (Å²) in [6.45, 7) is 9.34. The molecule has 0 unspecified atom stereocenters. The van der Waals surface area contributed by atoms with Crippen LogP contribution in [0.5, 0.6) is 11.5 Å². The van der Waals surface area contributed by atoms with Crippen molar-refractivity contribution in [2.75, 3.05) is 0 Å². The van der Waals surface area contributed by atoms with Crippen molar-refractivity contribution >= 4 is 24.7 Å². The number of hydrogen-bond acceptors (Lipinski definition) is 5. The van der Waals surface area contributed by atoms with Gasteiger partial charge in [-0.3, -0.25) is 4.79 Å². The number of carbonyl (C=O) groups excluding carboxylic acids is 1. The van der Waals surface area contributed by atoms with Gasteiger partial charge in [-0.05, 0) is 30.3 Å². The monoisotopic (exact) mass is 384 g/mol. The average molecular weight is 384 g/mol. The molecule has 136 valence electrons. The molecule has 0 radical (unpaired) electrons. The minimum atomic E-state index is -5.92. The molecule has 1 aromatic carbocycles. The summed E-state index contributed by atoms with van der Waals surface area (Å²) in [6.07, 6.45) is 0.208. The normalized spacial score (nSPS) is 13.5. The van der Waals surface area contributed by atoms with Gasteiger partial charge in [-0.1, -0.05) is 26.8 Å². The number of alkyl halides is 3. The molecule has 1 aromatic rings. The summed E-state index contributed by atoms with van der Waals surface area (Å²) in [6, 6.07) is 3.79. The van der Waals surface area contributed by atoms with Crippen molar-refractivity contribution in [1.29, 1.82) is 0 Å². The van der Waals surface area contributed by atoms with Gasteiger partial charge < -0.3 is 8.61 Å². The standard InChI is InChI=1S/C14H19F3O5SSi/c1-13(2,3)24(4,5)22-11-8-6-7-10(9-18)12(11)21-23(19,20)14(15,16)17/h6-9H,1-5H3. The van der Waals surface area contributed by atoms with E-state index in [9.17, 15) is 26.4 Å². The third-order valence-corrected chi connectivity index (χ3v) is 9.08. The first-order chi connectivity index (χ1) is 10.6. The van der Waals surface area contributed by atoms with Gasteiger partial charge in [0.05, 0.1) is 5.56 Å². The van der Waals surface area contributed by atoms with E-state index in [1.54, 1.807) is 0 Å². The van der Waals surface area contributed by atoms with Gasteiger partial charge in [0, 0.05) is 0 Å². The second kappa shape index (κ2) is 6.39. The van der Waals surface area contributed by atoms with Crippen LogP contribution in [0.3, 0.4) is 0 Å². The minimum Gasteiger partial charge on any atom is -0.541 e. The predicted molar refractivity (Wildman–Crippen MR) is 85.3 cm³/mol. The van der Waals surface area contributed by atoms with Crippen molar-refractivity contribution in [3.05, 3.63) is 23.8 Å². The Morgan fingerprint density at radius 3 is 2.08 bits per heavy atom. The molecule has 1 rings (SSSR count). The van der Waals surface area contributed by atoms with E-state index in [0.717, 1.165) is 6.07 Å². The number of benzene rings is 1. The van der Waals surface area contributed by atoms with E-state index in [1.807, 2.05) is 33.9 Å². The number of para-hydroxylation sites is 1. The molecule has 0 saturated carbocycles. The molecule has 0 spiro atoms. The Morgan fingerprint density at radius 1 is 1.12 bits per heavy atom. The second-order valence-corrected chi connectivity index (χ2v) is 12.9. The average Bonchev–Trinajstić information content (AvgIpc) is 2.37. The fourth-order valence-electron chi connectivity index (χ4n) is 1.38. The van der Waals surface area contributed by atoms with E-state index < -0.39 is 29.7 Å². The highest BCUT2D eigenvalue weighted by molar-refractivity contribution is 7.88. The molecular formula is C14H19F3O5SSi. The third kappa shape index (κ3) is 4.29. The molecule has 0 saturated heterocycles. The number of carbonyl (C=O) groups is 1. The van der Waals surface area contributed by atoms with Crippen LogP contribution >= 0.6 is 0 Å². The van der Waals surface area contributed by atoms with Gasteiger partial charge in [-0.2, -0.15) is 21.6 Å². The Bertz CT molecular complexity index is 721. The molecule has 24 heavy (non-hydrogen) atoms. The van der Waals surface area contributed by atoms with Crippen molar-refractivity contribution in [2.24, 2.45) is 0 Å². The number of halogens is 3. The largest absolute Gasteiger partial charge is 0.541 e. The van der Waals surface area contributed by atoms with Crippen molar-refractivity contribution in [1.82, 2.24) is 0 Å². The number of aldehydes is 1. The zero-order valence-electron chi connectivity index (χ0n) is 13.9. The predicted octanol–water partition coefficient (Wildman–Crippen LogP) is 4.11. The lowest BCUT2D eigenvalue weighted by Gasteiger charge is -2.36. The van der Waals surface area contributed by atoms with E-state index in [1.165, 1.54) is 12.1 Å². The van der Waals surface area contributed by atoms with E-state index >= 15 is 0 Å². The lowest BCUT2D eigenvalue weighted by molar-refractivity contribution is -0.0500. The topological polar surface area (TPSA) is 69.7 Å². The van der Waals surface area contributed by atoms with E-state index in [-0.39, 0.29) is 22.6 Å². The Balaban J connectivity index is 3.43. The smallest absolute Gasteiger partial charge is 0.534 e. The van der Waals surface area contributed by atoms with Crippen LogP contribution in [0.25, 0.3) is 0 Å². The van der Waals surface area contributed by atoms with Crippen LogP contribution in [0, 0.1) is 0 Å². The minimum absolute atomic E-state index is 0.208. The molecule has 0 amide bonds. The third-order valence-electron chi connectivity index (χ3n) is 3.78. The fraction of sp³-hybridized carbons (Fsp3) is 0.500. The van der Waals surface area contributed by atoms with Gasteiger partial charge >= 0.3 is 15.6 Å². The van der Waals surface area contributed by atoms with Crippen LogP contribution in [0.15, 0.2) is 18.2 Å². The number of hydrogen-bond donors (Lipinski definition) is 0. The Morgan fingerprint density at radius 2 is 1.67 bits per heavy atom. The summed E-state index contributed by atoms with van der Waals surface area (Å²) in [7, 11) is -8.43. The Hall–Kier alpha value is -1.55. The quantitative estimate of drug-likeness (QED) is 0.331. The maximum atomic E-state index is 12.6. The lowest BCUT2D eigenvalue weighted by atomic mass is 10.2. The highest BCUT2D eigenvalue weighted by Gasteiger charge is 2.49. The summed E-state index contributed by atoms with van der Waals surface area (Å²) in [5, 5.41) is -0.301. The molecule has 5 nitrogen and oxygen atoms in total. The van der Waals surface area contributed by atoms with E-state index in [2.05, 4.69) is 4.18 Å². The zero-order valence-corrected chi connectivity index (χ0v) is 15.7. The maximum Gasteiger partial charge on any atom is 0.534 e. The van der Waals surface area contributed by atoms with Crippen LogP contribution in [-0.2, 0) is 10.1 Å². The van der Waals surface area contributed by atoms with Gasteiger partial charge in [0.1, 0.15) is 5.75 Å². The summed E-state index contributed by atoms with van der Waals surface area (Å²) in [5.74, 6) is -0.964. The van der Waals surface area contributed by atoms with Gasteiger partial charge in [0.25, 0.3) is 8.32 Å². The van der Waals surface area contributed by atoms with E-state index in [0.29, 0.717) is 0 Å². The maximum absolute atomic E-state index is 12.6. The summed E-state index contributed by atoms with van der Waals surface area (Å²) in [4.78, 5) is 11.1. The van der Waals surface area contributed by atoms with Crippen molar-refractivity contribution in [3.63, 3.8) is 0 Å². The lowest BCUT2D eigenvalue weighted by Crippen LogP contribution is -2.44. The zero-order chi connectivity index (χ0) is 19.0. The second-order valence-electron chi connectivity index (χ2n) is 6.64. The van der Waals surface area contributed by atoms with Crippen molar-refractivity contribution in [3.8, 4) is 11.5 Å². The van der Waals surface area contributed by atoms with Crippen LogP contribution in [0.1, 0.15) is 31.1 Å². The highest BCUT2D eigenvalue weighted by Crippen LogP contribution is 2.42. The molecule has 0 aliphatic carbocycles. The van der Waals surface area contributed by atoms with Gasteiger partial charge in [-0.25, -0.2) is 0 Å². The number of rotatable bonds is 5. The Kier molecular flexibility index (Phi) is 5.46. The first-order valence-electron chi connectivity index (χ1n) is 6.90. The molecule has 10 heteroatoms. The fourth-order valence-corrected chi connectivity index (χ4v) is 2.89. The molecule has 0 aromatic heterocycles. The van der Waals surface area contributed by atoms with Gasteiger partial charge in [0.15, 0.2) is 12.0 Å². The molecule has 0 N–H and O–H groups in total. The van der Waals surface area contributed by atoms with Crippen LogP contribution in [0.2, 0.25) is 18.1 Å². The van der Waals surface area contributed by atoms with Crippen LogP contribution < -0.4 is 8.61 Å². The first kappa shape index (κ1) is 20.5. The van der Waals surface area contributed by atoms with Crippen molar-refractivity contribution in [2.45, 2.75) is 44.4 Å². The van der Waals surface area contributed by atoms with Gasteiger partial charge in [0.2, 0.25) is 0 Å². The van der Waals surface area contributed by atoms with Crippen molar-refractivity contribution < 1.29 is 35.0 Å². The van der Waals surface area contributed by atoms with Crippen LogP contribution in [-0.4, -0.2) is 28.5 Å².